The van der Waals surface area contributed by atoms with Crippen LogP contribution in [0.1, 0.15) is 6.42 Å². The molecule has 3 aliphatic heterocycles. The predicted molar refractivity (Wildman–Crippen MR) is 141 cm³/mol. The van der Waals surface area contributed by atoms with Crippen molar-refractivity contribution in [3.63, 3.8) is 0 Å². The summed E-state index contributed by atoms with van der Waals surface area (Å²) in [6, 6.07) is 10.3. The van der Waals surface area contributed by atoms with Gasteiger partial charge < -0.3 is 9.80 Å². The van der Waals surface area contributed by atoms with E-state index in [4.69, 9.17) is 11.6 Å². The van der Waals surface area contributed by atoms with Crippen LogP contribution in [0.15, 0.2) is 57.4 Å². The van der Waals surface area contributed by atoms with Crippen LogP contribution in [-0.4, -0.2) is 85.8 Å². The number of halogens is 2. The number of carbonyl (C=O) groups is 1. The van der Waals surface area contributed by atoms with Crippen molar-refractivity contribution >= 4 is 67.5 Å². The molecule has 3 heterocycles. The van der Waals surface area contributed by atoms with Crippen molar-refractivity contribution < 1.29 is 13.2 Å². The largest absolute Gasteiger partial charge is 0.340 e. The standard InChI is InChI=1S/C23H25ClN4O3S2.ClH/c24-19-3-1-18-14-21(4-2-17(18)13-19)33(30,31)12-5-22(29)27-10-8-26(9-11-27)15-20-16-32-23-25-6-7-28(20)23;/h1-4,13-14,16H,5-12,15H2;1H. The third-order valence-corrected chi connectivity index (χ3v) is 9.18. The molecule has 0 unspecified atom stereocenters. The lowest BCUT2D eigenvalue weighted by Crippen LogP contribution is -2.49. The summed E-state index contributed by atoms with van der Waals surface area (Å²) in [5.41, 5.74) is 1.28. The number of benzene rings is 2. The highest BCUT2D eigenvalue weighted by Gasteiger charge is 2.29. The van der Waals surface area contributed by atoms with Crippen LogP contribution in [0.5, 0.6) is 0 Å². The van der Waals surface area contributed by atoms with Crippen LogP contribution in [-0.2, 0) is 14.6 Å². The third-order valence-electron chi connectivity index (χ3n) is 6.28. The average molecular weight is 542 g/mol. The Bertz CT molecular complexity index is 1260. The zero-order valence-corrected chi connectivity index (χ0v) is 21.7. The molecule has 0 aliphatic carbocycles. The van der Waals surface area contributed by atoms with Gasteiger partial charge in [-0.25, -0.2) is 8.42 Å². The number of piperazine rings is 1. The summed E-state index contributed by atoms with van der Waals surface area (Å²) in [7, 11) is -3.55. The Morgan fingerprint density at radius 1 is 1.03 bits per heavy atom. The number of carbonyl (C=O) groups excluding carboxylic acids is 1. The SMILES string of the molecule is Cl.O=C(CCS(=O)(=O)c1ccc2cc(Cl)ccc2c1)N1CCN(CC2=CSC3=NCCN23)CC1. The number of fused-ring (bicyclic) bond motifs is 2. The average Bonchev–Trinajstić information content (AvgIpc) is 3.43. The highest BCUT2D eigenvalue weighted by molar-refractivity contribution is 8.16. The first kappa shape index (κ1) is 25.3. The van der Waals surface area contributed by atoms with Gasteiger partial charge in [0.1, 0.15) is 0 Å². The topological polar surface area (TPSA) is 73.3 Å². The van der Waals surface area contributed by atoms with Crippen molar-refractivity contribution in [2.75, 3.05) is 51.6 Å². The highest BCUT2D eigenvalue weighted by Crippen LogP contribution is 2.29. The van der Waals surface area contributed by atoms with E-state index >= 15 is 0 Å². The van der Waals surface area contributed by atoms with Crippen molar-refractivity contribution in [1.82, 2.24) is 14.7 Å². The van der Waals surface area contributed by atoms with Gasteiger partial charge in [0.2, 0.25) is 5.91 Å². The first-order chi connectivity index (χ1) is 15.9. The van der Waals surface area contributed by atoms with Crippen molar-refractivity contribution in [3.05, 3.63) is 52.5 Å². The summed E-state index contributed by atoms with van der Waals surface area (Å²) in [4.78, 5) is 23.8. The molecule has 2 aromatic carbocycles. The molecule has 182 valence electrons. The molecule has 2 aromatic rings. The fourth-order valence-electron chi connectivity index (χ4n) is 4.37. The van der Waals surface area contributed by atoms with Gasteiger partial charge in [-0.3, -0.25) is 14.7 Å². The number of amidine groups is 1. The second-order valence-electron chi connectivity index (χ2n) is 8.42. The molecule has 0 radical (unpaired) electrons. The highest BCUT2D eigenvalue weighted by atomic mass is 35.5. The molecule has 1 saturated heterocycles. The number of nitrogens with zero attached hydrogens (tertiary/aromatic N) is 4. The van der Waals surface area contributed by atoms with Gasteiger partial charge in [0.05, 0.1) is 17.2 Å². The van der Waals surface area contributed by atoms with Crippen LogP contribution in [0.4, 0.5) is 0 Å². The molecule has 0 atom stereocenters. The van der Waals surface area contributed by atoms with Gasteiger partial charge in [-0.05, 0) is 40.4 Å². The molecule has 5 rings (SSSR count). The van der Waals surface area contributed by atoms with E-state index in [0.717, 1.165) is 48.7 Å². The number of hydrogen-bond acceptors (Lipinski definition) is 7. The Hall–Kier alpha value is -1.78. The fraction of sp³-hybridized carbons (Fsp3) is 0.391. The maximum absolute atomic E-state index is 12.8. The molecule has 0 saturated carbocycles. The van der Waals surface area contributed by atoms with Crippen molar-refractivity contribution in [2.45, 2.75) is 11.3 Å². The molecule has 7 nitrogen and oxygen atoms in total. The van der Waals surface area contributed by atoms with Gasteiger partial charge in [-0.15, -0.1) is 12.4 Å². The number of amides is 1. The van der Waals surface area contributed by atoms with Gasteiger partial charge in [0, 0.05) is 56.4 Å². The number of sulfone groups is 1. The van der Waals surface area contributed by atoms with Crippen LogP contribution >= 0.6 is 35.8 Å². The van der Waals surface area contributed by atoms with Gasteiger partial charge in [0.25, 0.3) is 0 Å². The lowest BCUT2D eigenvalue weighted by atomic mass is 10.1. The van der Waals surface area contributed by atoms with Crippen LogP contribution in [0.3, 0.4) is 0 Å². The summed E-state index contributed by atoms with van der Waals surface area (Å²) in [6.07, 6.45) is -0.00359. The molecule has 0 aromatic heterocycles. The smallest absolute Gasteiger partial charge is 0.223 e. The van der Waals surface area contributed by atoms with E-state index in [-0.39, 0.29) is 35.4 Å². The van der Waals surface area contributed by atoms with Gasteiger partial charge >= 0.3 is 0 Å². The number of hydrogen-bond donors (Lipinski definition) is 0. The Balaban J connectivity index is 0.00000274. The molecule has 0 N–H and O–H groups in total. The Morgan fingerprint density at radius 3 is 2.56 bits per heavy atom. The minimum atomic E-state index is -3.55. The monoisotopic (exact) mass is 540 g/mol. The Kier molecular flexibility index (Phi) is 7.79. The van der Waals surface area contributed by atoms with E-state index in [1.807, 2.05) is 0 Å². The quantitative estimate of drug-likeness (QED) is 0.558. The molecule has 34 heavy (non-hydrogen) atoms. The maximum atomic E-state index is 12.8. The first-order valence-corrected chi connectivity index (χ1v) is 13.9. The van der Waals surface area contributed by atoms with Crippen molar-refractivity contribution in [2.24, 2.45) is 4.99 Å². The van der Waals surface area contributed by atoms with Gasteiger partial charge in [-0.1, -0.05) is 35.5 Å². The number of thioether (sulfide) groups is 1. The van der Waals surface area contributed by atoms with E-state index in [2.05, 4.69) is 20.2 Å². The van der Waals surface area contributed by atoms with Crippen LogP contribution in [0, 0.1) is 0 Å². The zero-order chi connectivity index (χ0) is 23.0. The van der Waals surface area contributed by atoms with E-state index in [9.17, 15) is 13.2 Å². The van der Waals surface area contributed by atoms with E-state index in [1.54, 1.807) is 53.1 Å². The molecular formula is C23H26Cl2N4O3S2. The fourth-order valence-corrected chi connectivity index (χ4v) is 6.76. The lowest BCUT2D eigenvalue weighted by molar-refractivity contribution is -0.132. The first-order valence-electron chi connectivity index (χ1n) is 11.0. The molecule has 1 fully saturated rings. The number of aliphatic imine (C=N–C) groups is 1. The lowest BCUT2D eigenvalue weighted by Gasteiger charge is -2.35. The summed E-state index contributed by atoms with van der Waals surface area (Å²) in [6.45, 7) is 5.48. The number of rotatable bonds is 6. The van der Waals surface area contributed by atoms with Crippen molar-refractivity contribution in [1.29, 1.82) is 0 Å². The summed E-state index contributed by atoms with van der Waals surface area (Å²) in [5.74, 6) is -0.290. The van der Waals surface area contributed by atoms with Gasteiger partial charge in [-0.2, -0.15) is 0 Å². The molecule has 1 amide bonds. The Labute approximate surface area is 215 Å². The summed E-state index contributed by atoms with van der Waals surface area (Å²) in [5, 5.41) is 5.57. The Morgan fingerprint density at radius 2 is 1.76 bits per heavy atom. The van der Waals surface area contributed by atoms with E-state index in [1.165, 1.54) is 5.70 Å². The van der Waals surface area contributed by atoms with Crippen LogP contribution < -0.4 is 0 Å². The van der Waals surface area contributed by atoms with E-state index < -0.39 is 9.84 Å². The van der Waals surface area contributed by atoms with Gasteiger partial charge in [0.15, 0.2) is 15.0 Å². The second kappa shape index (κ2) is 10.5. The third kappa shape index (κ3) is 5.39. The summed E-state index contributed by atoms with van der Waals surface area (Å²) >= 11 is 7.69. The van der Waals surface area contributed by atoms with E-state index in [0.29, 0.717) is 18.1 Å². The molecular weight excluding hydrogens is 515 g/mol. The minimum Gasteiger partial charge on any atom is -0.340 e. The molecule has 3 aliphatic rings. The predicted octanol–water partition coefficient (Wildman–Crippen LogP) is 3.48. The zero-order valence-electron chi connectivity index (χ0n) is 18.5. The van der Waals surface area contributed by atoms with Crippen molar-refractivity contribution in [3.8, 4) is 0 Å². The molecule has 0 spiro atoms. The normalized spacial score (nSPS) is 18.5. The van der Waals surface area contributed by atoms with Crippen LogP contribution in [0.25, 0.3) is 10.8 Å². The minimum absolute atomic E-state index is 0. The van der Waals surface area contributed by atoms with Crippen LogP contribution in [0.2, 0.25) is 5.02 Å². The molecule has 11 heteroatoms. The summed E-state index contributed by atoms with van der Waals surface area (Å²) < 4.78 is 25.7. The molecule has 0 bridgehead atoms. The maximum Gasteiger partial charge on any atom is 0.223 e. The second-order valence-corrected chi connectivity index (χ2v) is 11.8.